The van der Waals surface area contributed by atoms with Gasteiger partial charge in [0.05, 0.1) is 5.56 Å². The fourth-order valence-electron chi connectivity index (χ4n) is 2.37. The number of hydrogen-bond acceptors (Lipinski definition) is 5. The van der Waals surface area contributed by atoms with Crippen LogP contribution in [0, 0.1) is 11.3 Å². The highest BCUT2D eigenvalue weighted by molar-refractivity contribution is 9.10. The standard InChI is InChI=1S/C16H10BrN3O2S/c1-23-16-19-14(11(7-18)15(22)20-16)13-10-4-3-9(17)6-8(10)2-5-12(13)21/h2-6,21H,1H3,(H,19,20,22). The average Bonchev–Trinajstić information content (AvgIpc) is 2.54. The Morgan fingerprint density at radius 2 is 2.13 bits per heavy atom. The number of fused-ring (bicyclic) bond motifs is 1. The summed E-state index contributed by atoms with van der Waals surface area (Å²) in [7, 11) is 0. The quantitative estimate of drug-likeness (QED) is 0.517. The summed E-state index contributed by atoms with van der Waals surface area (Å²) in [5.74, 6) is -0.0264. The van der Waals surface area contributed by atoms with Crippen LogP contribution in [0.2, 0.25) is 0 Å². The van der Waals surface area contributed by atoms with Crippen molar-refractivity contribution in [2.24, 2.45) is 0 Å². The van der Waals surface area contributed by atoms with Crippen molar-refractivity contribution >= 4 is 38.5 Å². The van der Waals surface area contributed by atoms with E-state index in [2.05, 4.69) is 25.9 Å². The van der Waals surface area contributed by atoms with Crippen molar-refractivity contribution in [3.05, 3.63) is 50.7 Å². The zero-order chi connectivity index (χ0) is 16.6. The first-order chi connectivity index (χ1) is 11.0. The monoisotopic (exact) mass is 387 g/mol. The zero-order valence-corrected chi connectivity index (χ0v) is 14.3. The summed E-state index contributed by atoms with van der Waals surface area (Å²) < 4.78 is 0.894. The predicted octanol–water partition coefficient (Wildman–Crippen LogP) is 3.65. The van der Waals surface area contributed by atoms with Crippen molar-refractivity contribution in [2.75, 3.05) is 6.26 Å². The van der Waals surface area contributed by atoms with Crippen molar-refractivity contribution in [2.45, 2.75) is 5.16 Å². The molecule has 0 saturated heterocycles. The average molecular weight is 388 g/mol. The summed E-state index contributed by atoms with van der Waals surface area (Å²) in [5.41, 5.74) is -0.0668. The summed E-state index contributed by atoms with van der Waals surface area (Å²) in [5, 5.41) is 21.6. The fraction of sp³-hybridized carbons (Fsp3) is 0.0625. The number of aromatic hydroxyl groups is 1. The number of halogens is 1. The molecule has 0 aliphatic carbocycles. The molecule has 2 aromatic carbocycles. The number of nitriles is 1. The molecular weight excluding hydrogens is 378 g/mol. The third-order valence-corrected chi connectivity index (χ3v) is 4.47. The van der Waals surface area contributed by atoms with E-state index in [0.717, 1.165) is 15.2 Å². The normalized spacial score (nSPS) is 10.7. The maximum absolute atomic E-state index is 12.1. The highest BCUT2D eigenvalue weighted by atomic mass is 79.9. The highest BCUT2D eigenvalue weighted by Crippen LogP contribution is 2.37. The molecule has 0 radical (unpaired) electrons. The van der Waals surface area contributed by atoms with Crippen LogP contribution in [0.1, 0.15) is 5.56 Å². The van der Waals surface area contributed by atoms with Crippen LogP contribution >= 0.6 is 27.7 Å². The largest absolute Gasteiger partial charge is 0.507 e. The Bertz CT molecular complexity index is 1020. The van der Waals surface area contributed by atoms with Crippen LogP contribution in [-0.2, 0) is 0 Å². The first-order valence-corrected chi connectivity index (χ1v) is 8.57. The number of phenols is 1. The summed E-state index contributed by atoms with van der Waals surface area (Å²) >= 11 is 4.66. The Hall–Kier alpha value is -2.30. The molecule has 0 aliphatic heterocycles. The van der Waals surface area contributed by atoms with E-state index in [1.54, 1.807) is 12.3 Å². The van der Waals surface area contributed by atoms with Gasteiger partial charge in [0.15, 0.2) is 5.16 Å². The molecule has 0 atom stereocenters. The highest BCUT2D eigenvalue weighted by Gasteiger charge is 2.19. The Balaban J connectivity index is 2.46. The molecule has 0 amide bonds. The minimum Gasteiger partial charge on any atom is -0.507 e. The van der Waals surface area contributed by atoms with Crippen molar-refractivity contribution in [3.8, 4) is 23.1 Å². The number of thioether (sulfide) groups is 1. The number of benzene rings is 2. The van der Waals surface area contributed by atoms with Crippen LogP contribution in [-0.4, -0.2) is 21.3 Å². The number of nitrogens with one attached hydrogen (secondary N) is 1. The lowest BCUT2D eigenvalue weighted by Gasteiger charge is -2.11. The molecule has 114 valence electrons. The first-order valence-electron chi connectivity index (χ1n) is 6.55. The van der Waals surface area contributed by atoms with Crippen LogP contribution in [0.3, 0.4) is 0 Å². The van der Waals surface area contributed by atoms with Crippen molar-refractivity contribution in [3.63, 3.8) is 0 Å². The summed E-state index contributed by atoms with van der Waals surface area (Å²) in [6.45, 7) is 0. The maximum atomic E-state index is 12.1. The van der Waals surface area contributed by atoms with Gasteiger partial charge in [-0.05, 0) is 35.2 Å². The van der Waals surface area contributed by atoms with Gasteiger partial charge in [-0.1, -0.05) is 39.8 Å². The Morgan fingerprint density at radius 3 is 2.83 bits per heavy atom. The molecule has 0 fully saturated rings. The molecule has 2 N–H and O–H groups in total. The molecule has 23 heavy (non-hydrogen) atoms. The number of phenolic OH excluding ortho intramolecular Hbond substituents is 1. The second-order valence-corrected chi connectivity index (χ2v) is 6.45. The van der Waals surface area contributed by atoms with E-state index in [1.807, 2.05) is 24.3 Å². The van der Waals surface area contributed by atoms with E-state index < -0.39 is 5.56 Å². The molecule has 3 rings (SSSR count). The lowest BCUT2D eigenvalue weighted by atomic mass is 9.98. The van der Waals surface area contributed by atoms with Gasteiger partial charge in [0.25, 0.3) is 5.56 Å². The molecule has 0 unspecified atom stereocenters. The Morgan fingerprint density at radius 1 is 1.35 bits per heavy atom. The lowest BCUT2D eigenvalue weighted by Crippen LogP contribution is -2.14. The fourth-order valence-corrected chi connectivity index (χ4v) is 3.13. The number of H-pyrrole nitrogens is 1. The second-order valence-electron chi connectivity index (χ2n) is 4.74. The van der Waals surface area contributed by atoms with E-state index >= 15 is 0 Å². The number of aromatic amines is 1. The van der Waals surface area contributed by atoms with Crippen LogP contribution in [0.4, 0.5) is 0 Å². The molecular formula is C16H10BrN3O2S. The van der Waals surface area contributed by atoms with Gasteiger partial charge in [0.1, 0.15) is 23.1 Å². The van der Waals surface area contributed by atoms with Gasteiger partial charge in [-0.3, -0.25) is 4.79 Å². The van der Waals surface area contributed by atoms with E-state index in [0.29, 0.717) is 10.7 Å². The van der Waals surface area contributed by atoms with Crippen molar-refractivity contribution in [1.29, 1.82) is 5.26 Å². The molecule has 3 aromatic rings. The van der Waals surface area contributed by atoms with Gasteiger partial charge >= 0.3 is 0 Å². The van der Waals surface area contributed by atoms with Crippen LogP contribution < -0.4 is 5.56 Å². The number of rotatable bonds is 2. The predicted molar refractivity (Wildman–Crippen MR) is 93.7 cm³/mol. The van der Waals surface area contributed by atoms with Crippen LogP contribution in [0.15, 0.2) is 44.8 Å². The van der Waals surface area contributed by atoms with E-state index in [1.165, 1.54) is 17.8 Å². The first kappa shape index (κ1) is 15.6. The maximum Gasteiger partial charge on any atom is 0.270 e. The van der Waals surface area contributed by atoms with Gasteiger partial charge in [-0.2, -0.15) is 5.26 Å². The molecule has 0 spiro atoms. The number of nitrogens with zero attached hydrogens (tertiary/aromatic N) is 2. The molecule has 0 bridgehead atoms. The molecule has 1 aromatic heterocycles. The van der Waals surface area contributed by atoms with Gasteiger partial charge in [-0.25, -0.2) is 4.98 Å². The summed E-state index contributed by atoms with van der Waals surface area (Å²) in [6, 6.07) is 10.7. The molecule has 5 nitrogen and oxygen atoms in total. The van der Waals surface area contributed by atoms with E-state index in [-0.39, 0.29) is 17.0 Å². The van der Waals surface area contributed by atoms with Crippen LogP contribution in [0.25, 0.3) is 22.0 Å². The van der Waals surface area contributed by atoms with Crippen molar-refractivity contribution < 1.29 is 5.11 Å². The third-order valence-electron chi connectivity index (χ3n) is 3.40. The summed E-state index contributed by atoms with van der Waals surface area (Å²) in [6.07, 6.45) is 1.77. The topological polar surface area (TPSA) is 89.8 Å². The van der Waals surface area contributed by atoms with Gasteiger partial charge in [0.2, 0.25) is 0 Å². The van der Waals surface area contributed by atoms with Crippen LogP contribution in [0.5, 0.6) is 5.75 Å². The molecule has 0 aliphatic rings. The second kappa shape index (κ2) is 6.07. The lowest BCUT2D eigenvalue weighted by molar-refractivity contribution is 0.478. The zero-order valence-electron chi connectivity index (χ0n) is 11.9. The summed E-state index contributed by atoms with van der Waals surface area (Å²) in [4.78, 5) is 19.0. The van der Waals surface area contributed by atoms with E-state index in [9.17, 15) is 15.2 Å². The van der Waals surface area contributed by atoms with Gasteiger partial charge in [0, 0.05) is 4.47 Å². The third kappa shape index (κ3) is 2.71. The van der Waals surface area contributed by atoms with Crippen molar-refractivity contribution in [1.82, 2.24) is 9.97 Å². The molecule has 0 saturated carbocycles. The molecule has 1 heterocycles. The van der Waals surface area contributed by atoms with Gasteiger partial charge < -0.3 is 10.1 Å². The van der Waals surface area contributed by atoms with Gasteiger partial charge in [-0.15, -0.1) is 0 Å². The Labute approximate surface area is 144 Å². The number of aromatic nitrogens is 2. The number of hydrogen-bond donors (Lipinski definition) is 2. The minimum atomic E-state index is -0.518. The Kier molecular flexibility index (Phi) is 4.11. The minimum absolute atomic E-state index is 0.0264. The smallest absolute Gasteiger partial charge is 0.270 e. The van der Waals surface area contributed by atoms with E-state index in [4.69, 9.17) is 0 Å². The SMILES string of the molecule is CSc1nc(-c2c(O)ccc3cc(Br)ccc23)c(C#N)c(=O)[nH]1. The molecule has 7 heteroatoms.